The molecule has 138 valence electrons. The number of nitrogens with one attached hydrogen (secondary N) is 2. The van der Waals surface area contributed by atoms with Gasteiger partial charge in [-0.25, -0.2) is 14.4 Å². The minimum absolute atomic E-state index is 0.235. The summed E-state index contributed by atoms with van der Waals surface area (Å²) in [6.45, 7) is 2.75. The van der Waals surface area contributed by atoms with Gasteiger partial charge >= 0.3 is 0 Å². The van der Waals surface area contributed by atoms with Crippen LogP contribution in [0.3, 0.4) is 0 Å². The van der Waals surface area contributed by atoms with Crippen LogP contribution in [-0.4, -0.2) is 22.4 Å². The molecule has 0 spiro atoms. The predicted octanol–water partition coefficient (Wildman–Crippen LogP) is 3.51. The quantitative estimate of drug-likeness (QED) is 0.673. The number of halogens is 1. The number of hydrogen-bond donors (Lipinski definition) is 2. The van der Waals surface area contributed by atoms with Crippen molar-refractivity contribution in [2.45, 2.75) is 19.9 Å². The van der Waals surface area contributed by atoms with Gasteiger partial charge in [-0.1, -0.05) is 42.5 Å². The molecule has 1 aromatic heterocycles. The second-order valence-electron chi connectivity index (χ2n) is 6.16. The lowest BCUT2D eigenvalue weighted by Crippen LogP contribution is -2.27. The van der Waals surface area contributed by atoms with Gasteiger partial charge < -0.3 is 10.6 Å². The Balaban J connectivity index is 1.58. The predicted molar refractivity (Wildman–Crippen MR) is 103 cm³/mol. The molecule has 0 saturated carbocycles. The first kappa shape index (κ1) is 18.5. The fourth-order valence-electron chi connectivity index (χ4n) is 2.63. The molecule has 3 rings (SSSR count). The second kappa shape index (κ2) is 8.89. The van der Waals surface area contributed by atoms with E-state index in [9.17, 15) is 9.18 Å². The van der Waals surface area contributed by atoms with Crippen LogP contribution in [-0.2, 0) is 13.0 Å². The van der Waals surface area contributed by atoms with Crippen LogP contribution in [0.25, 0.3) is 0 Å². The monoisotopic (exact) mass is 364 g/mol. The Hall–Kier alpha value is -3.28. The highest BCUT2D eigenvalue weighted by Gasteiger charge is 2.10. The van der Waals surface area contributed by atoms with Crippen molar-refractivity contribution >= 4 is 11.7 Å². The summed E-state index contributed by atoms with van der Waals surface area (Å²) in [5, 5.41) is 6.03. The van der Waals surface area contributed by atoms with Crippen LogP contribution in [0.4, 0.5) is 10.2 Å². The van der Waals surface area contributed by atoms with Crippen molar-refractivity contribution in [1.82, 2.24) is 15.3 Å². The van der Waals surface area contributed by atoms with E-state index < -0.39 is 0 Å². The highest BCUT2D eigenvalue weighted by molar-refractivity contribution is 5.92. The molecule has 0 bridgehead atoms. The third-order valence-electron chi connectivity index (χ3n) is 4.00. The van der Waals surface area contributed by atoms with E-state index in [2.05, 4.69) is 20.6 Å². The van der Waals surface area contributed by atoms with E-state index >= 15 is 0 Å². The summed E-state index contributed by atoms with van der Waals surface area (Å²) in [6.07, 6.45) is 0.756. The van der Waals surface area contributed by atoms with Gasteiger partial charge in [-0.15, -0.1) is 0 Å². The second-order valence-corrected chi connectivity index (χ2v) is 6.16. The number of aryl methyl sites for hydroxylation is 1. The molecule has 27 heavy (non-hydrogen) atoms. The molecule has 0 aliphatic heterocycles. The average molecular weight is 364 g/mol. The Morgan fingerprint density at radius 3 is 2.48 bits per heavy atom. The molecule has 0 saturated heterocycles. The van der Waals surface area contributed by atoms with Crippen LogP contribution in [0, 0.1) is 12.7 Å². The Bertz CT molecular complexity index is 898. The molecule has 2 N–H and O–H groups in total. The smallest absolute Gasteiger partial charge is 0.270 e. The highest BCUT2D eigenvalue weighted by atomic mass is 19.1. The van der Waals surface area contributed by atoms with Crippen molar-refractivity contribution in [2.24, 2.45) is 0 Å². The van der Waals surface area contributed by atoms with Gasteiger partial charge in [0.1, 0.15) is 23.2 Å². The summed E-state index contributed by atoms with van der Waals surface area (Å²) >= 11 is 0. The maximum absolute atomic E-state index is 13.0. The molecule has 5 nitrogen and oxygen atoms in total. The molecule has 1 amide bonds. The van der Waals surface area contributed by atoms with Gasteiger partial charge in [-0.3, -0.25) is 4.79 Å². The fourth-order valence-corrected chi connectivity index (χ4v) is 2.63. The van der Waals surface area contributed by atoms with E-state index in [1.807, 2.05) is 30.3 Å². The van der Waals surface area contributed by atoms with Crippen molar-refractivity contribution in [3.05, 3.63) is 89.1 Å². The number of amides is 1. The number of rotatable bonds is 7. The largest absolute Gasteiger partial charge is 0.366 e. The fraction of sp³-hybridized carbons (Fsp3) is 0.190. The van der Waals surface area contributed by atoms with Crippen LogP contribution in [0.2, 0.25) is 0 Å². The number of carbonyl (C=O) groups is 1. The van der Waals surface area contributed by atoms with Crippen LogP contribution in [0.5, 0.6) is 0 Å². The van der Waals surface area contributed by atoms with Crippen LogP contribution in [0.1, 0.15) is 27.4 Å². The minimum Gasteiger partial charge on any atom is -0.366 e. The first-order valence-corrected chi connectivity index (χ1v) is 8.76. The van der Waals surface area contributed by atoms with Gasteiger partial charge in [-0.2, -0.15) is 0 Å². The molecule has 0 aliphatic carbocycles. The Morgan fingerprint density at radius 2 is 1.74 bits per heavy atom. The maximum Gasteiger partial charge on any atom is 0.270 e. The van der Waals surface area contributed by atoms with Gasteiger partial charge in [0.25, 0.3) is 5.91 Å². The third kappa shape index (κ3) is 5.60. The first-order valence-electron chi connectivity index (χ1n) is 8.76. The Morgan fingerprint density at radius 1 is 1.00 bits per heavy atom. The summed E-state index contributed by atoms with van der Waals surface area (Å²) in [4.78, 5) is 20.9. The lowest BCUT2D eigenvalue weighted by Gasteiger charge is -2.09. The number of aromatic nitrogens is 2. The topological polar surface area (TPSA) is 66.9 Å². The maximum atomic E-state index is 13.0. The van der Waals surface area contributed by atoms with Crippen LogP contribution < -0.4 is 10.6 Å². The molecule has 0 unspecified atom stereocenters. The van der Waals surface area contributed by atoms with Crippen molar-refractivity contribution in [3.63, 3.8) is 0 Å². The summed E-state index contributed by atoms with van der Waals surface area (Å²) in [7, 11) is 0. The molecule has 1 heterocycles. The number of carbonyl (C=O) groups excluding carboxylic acids is 1. The van der Waals surface area contributed by atoms with E-state index in [1.54, 1.807) is 25.1 Å². The summed E-state index contributed by atoms with van der Waals surface area (Å²) in [5.74, 6) is 0.555. The number of anilines is 1. The van der Waals surface area contributed by atoms with Gasteiger partial charge in [0, 0.05) is 19.2 Å². The third-order valence-corrected chi connectivity index (χ3v) is 4.00. The lowest BCUT2D eigenvalue weighted by atomic mass is 10.1. The van der Waals surface area contributed by atoms with Crippen molar-refractivity contribution < 1.29 is 9.18 Å². The van der Waals surface area contributed by atoms with Gasteiger partial charge in [0.15, 0.2) is 0 Å². The van der Waals surface area contributed by atoms with E-state index in [4.69, 9.17) is 0 Å². The van der Waals surface area contributed by atoms with E-state index in [1.165, 1.54) is 17.7 Å². The minimum atomic E-state index is -0.272. The van der Waals surface area contributed by atoms with Crippen molar-refractivity contribution in [3.8, 4) is 0 Å². The Kier molecular flexibility index (Phi) is 6.10. The SMILES string of the molecule is Cc1nc(NCc2ccc(F)cc2)cc(C(=O)NCCc2ccccc2)n1. The van der Waals surface area contributed by atoms with Crippen molar-refractivity contribution in [2.75, 3.05) is 11.9 Å². The van der Waals surface area contributed by atoms with Gasteiger partial charge in [-0.05, 0) is 36.6 Å². The molecular formula is C21H21FN4O. The first-order chi connectivity index (χ1) is 13.1. The molecule has 2 aromatic carbocycles. The highest BCUT2D eigenvalue weighted by Crippen LogP contribution is 2.10. The zero-order chi connectivity index (χ0) is 19.1. The van der Waals surface area contributed by atoms with Crippen molar-refractivity contribution in [1.29, 1.82) is 0 Å². The van der Waals surface area contributed by atoms with Gasteiger partial charge in [0.05, 0.1) is 0 Å². The molecule has 0 atom stereocenters. The summed E-state index contributed by atoms with van der Waals surface area (Å²) in [6, 6.07) is 17.8. The number of hydrogen-bond acceptors (Lipinski definition) is 4. The van der Waals surface area contributed by atoms with E-state index in [-0.39, 0.29) is 11.7 Å². The van der Waals surface area contributed by atoms with E-state index in [0.29, 0.717) is 30.4 Å². The van der Waals surface area contributed by atoms with Crippen LogP contribution >= 0.6 is 0 Å². The van der Waals surface area contributed by atoms with E-state index in [0.717, 1.165) is 12.0 Å². The lowest BCUT2D eigenvalue weighted by molar-refractivity contribution is 0.0949. The number of nitrogens with zero attached hydrogens (tertiary/aromatic N) is 2. The molecule has 0 radical (unpaired) electrons. The molecule has 0 fully saturated rings. The molecular weight excluding hydrogens is 343 g/mol. The zero-order valence-electron chi connectivity index (χ0n) is 15.1. The molecule has 6 heteroatoms. The number of benzene rings is 2. The van der Waals surface area contributed by atoms with Crippen LogP contribution in [0.15, 0.2) is 60.7 Å². The van der Waals surface area contributed by atoms with Gasteiger partial charge in [0.2, 0.25) is 0 Å². The normalized spacial score (nSPS) is 10.4. The summed E-state index contributed by atoms with van der Waals surface area (Å²) in [5.41, 5.74) is 2.40. The zero-order valence-corrected chi connectivity index (χ0v) is 15.1. The molecule has 0 aliphatic rings. The molecule has 3 aromatic rings. The Labute approximate surface area is 157 Å². The average Bonchev–Trinajstić information content (AvgIpc) is 2.68. The summed E-state index contributed by atoms with van der Waals surface area (Å²) < 4.78 is 13.0. The standard InChI is InChI=1S/C21H21FN4O/c1-15-25-19(21(27)23-12-11-16-5-3-2-4-6-16)13-20(26-15)24-14-17-7-9-18(22)10-8-17/h2-10,13H,11-12,14H2,1H3,(H,23,27)(H,24,25,26).